The summed E-state index contributed by atoms with van der Waals surface area (Å²) in [5.74, 6) is -1.37. The number of benzene rings is 1. The maximum absolute atomic E-state index is 12.5. The van der Waals surface area contributed by atoms with E-state index >= 15 is 0 Å². The largest absolute Gasteiger partial charge is 0.448 e. The van der Waals surface area contributed by atoms with Crippen molar-refractivity contribution < 1.29 is 22.7 Å². The van der Waals surface area contributed by atoms with Crippen molar-refractivity contribution in [2.24, 2.45) is 0 Å². The van der Waals surface area contributed by atoms with Gasteiger partial charge in [0.1, 0.15) is 5.69 Å². The number of hydrogen-bond donors (Lipinski definition) is 1. The number of likely N-dealkylation sites (N-methyl/N-ethyl adjacent to an activating group) is 1. The normalized spacial score (nSPS) is 19.6. The highest BCUT2D eigenvalue weighted by Crippen LogP contribution is 2.18. The van der Waals surface area contributed by atoms with Crippen molar-refractivity contribution in [3.8, 4) is 0 Å². The molecule has 8 nitrogen and oxygen atoms in total. The summed E-state index contributed by atoms with van der Waals surface area (Å²) in [5.41, 5.74) is -0.475. The van der Waals surface area contributed by atoms with Gasteiger partial charge >= 0.3 is 5.97 Å². The van der Waals surface area contributed by atoms with Gasteiger partial charge < -0.3 is 14.6 Å². The Morgan fingerprint density at radius 1 is 1.30 bits per heavy atom. The van der Waals surface area contributed by atoms with Gasteiger partial charge in [-0.3, -0.25) is 9.59 Å². The molecule has 1 aromatic carbocycles. The first kappa shape index (κ1) is 19.1. The zero-order valence-electron chi connectivity index (χ0n) is 15.0. The van der Waals surface area contributed by atoms with Crippen LogP contribution in [0.15, 0.2) is 35.1 Å². The van der Waals surface area contributed by atoms with Crippen molar-refractivity contribution >= 4 is 32.5 Å². The second kappa shape index (κ2) is 7.15. The van der Waals surface area contributed by atoms with Gasteiger partial charge in [0.2, 0.25) is 0 Å². The number of sulfone groups is 1. The number of aromatic amines is 1. The summed E-state index contributed by atoms with van der Waals surface area (Å²) in [6, 6.07) is 7.86. The second-order valence-electron chi connectivity index (χ2n) is 6.65. The first-order valence-corrected chi connectivity index (χ1v) is 10.3. The van der Waals surface area contributed by atoms with Crippen LogP contribution in [-0.2, 0) is 19.4 Å². The first-order chi connectivity index (χ1) is 12.7. The fourth-order valence-electron chi connectivity index (χ4n) is 3.14. The lowest BCUT2D eigenvalue weighted by Crippen LogP contribution is -2.44. The van der Waals surface area contributed by atoms with Crippen molar-refractivity contribution in [1.29, 1.82) is 0 Å². The zero-order valence-corrected chi connectivity index (χ0v) is 15.8. The number of fused-ring (bicyclic) bond motifs is 1. The molecule has 1 saturated heterocycles. The van der Waals surface area contributed by atoms with Crippen molar-refractivity contribution in [2.75, 3.05) is 18.6 Å². The highest BCUT2D eigenvalue weighted by molar-refractivity contribution is 7.91. The summed E-state index contributed by atoms with van der Waals surface area (Å²) in [6.45, 7) is 1.42. The molecule has 0 spiro atoms. The molecule has 0 bridgehead atoms. The monoisotopic (exact) mass is 392 g/mol. The minimum absolute atomic E-state index is 0.0434. The number of ether oxygens (including phenoxy) is 1. The minimum atomic E-state index is -3.13. The third-order valence-electron chi connectivity index (χ3n) is 4.71. The molecule has 1 amide bonds. The van der Waals surface area contributed by atoms with E-state index < -0.39 is 39.4 Å². The van der Waals surface area contributed by atoms with Crippen molar-refractivity contribution in [1.82, 2.24) is 9.88 Å². The minimum Gasteiger partial charge on any atom is -0.448 e. The summed E-state index contributed by atoms with van der Waals surface area (Å²) in [6.07, 6.45) is -0.746. The molecular weight excluding hydrogens is 372 g/mol. The van der Waals surface area contributed by atoms with E-state index in [2.05, 4.69) is 4.98 Å². The molecule has 1 aliphatic heterocycles. The lowest BCUT2D eigenvalue weighted by Gasteiger charge is -2.26. The highest BCUT2D eigenvalue weighted by Gasteiger charge is 2.35. The predicted molar refractivity (Wildman–Crippen MR) is 99.3 cm³/mol. The molecule has 0 radical (unpaired) electrons. The SMILES string of the molecule is C[C@H](OC(=O)c1cc2ccccc2c(=O)[nH]1)C(=O)N(C)[C@H]1CCS(=O)(=O)C1. The quantitative estimate of drug-likeness (QED) is 0.767. The van der Waals surface area contributed by atoms with Crippen LogP contribution < -0.4 is 5.56 Å². The topological polar surface area (TPSA) is 114 Å². The molecule has 0 aliphatic carbocycles. The van der Waals surface area contributed by atoms with Gasteiger partial charge in [0.25, 0.3) is 11.5 Å². The molecule has 2 atom stereocenters. The third kappa shape index (κ3) is 4.02. The summed E-state index contributed by atoms with van der Waals surface area (Å²) >= 11 is 0. The van der Waals surface area contributed by atoms with Crippen LogP contribution in [0.25, 0.3) is 10.8 Å². The maximum Gasteiger partial charge on any atom is 0.355 e. The molecule has 0 saturated carbocycles. The van der Waals surface area contributed by atoms with Gasteiger partial charge in [-0.05, 0) is 30.9 Å². The van der Waals surface area contributed by atoms with E-state index in [1.807, 2.05) is 0 Å². The van der Waals surface area contributed by atoms with Gasteiger partial charge in [-0.25, -0.2) is 13.2 Å². The molecule has 1 aromatic heterocycles. The van der Waals surface area contributed by atoms with E-state index in [0.29, 0.717) is 17.2 Å². The van der Waals surface area contributed by atoms with E-state index in [1.54, 1.807) is 24.3 Å². The third-order valence-corrected chi connectivity index (χ3v) is 6.46. The maximum atomic E-state index is 12.5. The summed E-state index contributed by atoms with van der Waals surface area (Å²) < 4.78 is 28.4. The number of nitrogens with zero attached hydrogens (tertiary/aromatic N) is 1. The van der Waals surface area contributed by atoms with Gasteiger partial charge in [0.05, 0.1) is 11.5 Å². The Hall–Kier alpha value is -2.68. The Balaban J connectivity index is 1.72. The Morgan fingerprint density at radius 2 is 2.00 bits per heavy atom. The predicted octanol–water partition coefficient (Wildman–Crippen LogP) is 0.719. The molecule has 2 heterocycles. The Labute approximate surface area is 156 Å². The lowest BCUT2D eigenvalue weighted by atomic mass is 10.1. The van der Waals surface area contributed by atoms with Crippen LogP contribution in [-0.4, -0.2) is 60.9 Å². The number of H-pyrrole nitrogens is 1. The Kier molecular flexibility index (Phi) is 5.05. The van der Waals surface area contributed by atoms with Gasteiger partial charge in [-0.1, -0.05) is 18.2 Å². The van der Waals surface area contributed by atoms with Crippen LogP contribution in [0.2, 0.25) is 0 Å². The fourth-order valence-corrected chi connectivity index (χ4v) is 4.92. The van der Waals surface area contributed by atoms with Gasteiger partial charge in [-0.15, -0.1) is 0 Å². The number of aromatic nitrogens is 1. The molecule has 1 N–H and O–H groups in total. The molecule has 0 unspecified atom stereocenters. The number of pyridine rings is 1. The molecule has 27 heavy (non-hydrogen) atoms. The lowest BCUT2D eigenvalue weighted by molar-refractivity contribution is -0.140. The average Bonchev–Trinajstić information content (AvgIpc) is 3.00. The van der Waals surface area contributed by atoms with E-state index in [9.17, 15) is 22.8 Å². The van der Waals surface area contributed by atoms with E-state index in [4.69, 9.17) is 4.74 Å². The van der Waals surface area contributed by atoms with Crippen molar-refractivity contribution in [3.63, 3.8) is 0 Å². The molecule has 9 heteroatoms. The van der Waals surface area contributed by atoms with Crippen molar-refractivity contribution in [2.45, 2.75) is 25.5 Å². The zero-order chi connectivity index (χ0) is 19.8. The number of amides is 1. The van der Waals surface area contributed by atoms with E-state index in [-0.39, 0.29) is 17.2 Å². The second-order valence-corrected chi connectivity index (χ2v) is 8.88. The van der Waals surface area contributed by atoms with Crippen molar-refractivity contribution in [3.05, 3.63) is 46.4 Å². The van der Waals surface area contributed by atoms with Crippen LogP contribution in [0.3, 0.4) is 0 Å². The van der Waals surface area contributed by atoms with Gasteiger partial charge in [0, 0.05) is 18.5 Å². The number of nitrogens with one attached hydrogen (secondary N) is 1. The Bertz CT molecular complexity index is 1060. The molecule has 3 rings (SSSR count). The smallest absolute Gasteiger partial charge is 0.355 e. The Morgan fingerprint density at radius 3 is 2.67 bits per heavy atom. The molecule has 2 aromatic rings. The number of hydrogen-bond acceptors (Lipinski definition) is 6. The van der Waals surface area contributed by atoms with E-state index in [1.165, 1.54) is 24.9 Å². The van der Waals surface area contributed by atoms with Gasteiger partial charge in [0.15, 0.2) is 15.9 Å². The number of carbonyl (C=O) groups is 2. The number of carbonyl (C=O) groups excluding carboxylic acids is 2. The summed E-state index contributed by atoms with van der Waals surface area (Å²) in [5, 5.41) is 1.03. The van der Waals surface area contributed by atoms with Gasteiger partial charge in [-0.2, -0.15) is 0 Å². The number of rotatable bonds is 4. The fraction of sp³-hybridized carbons (Fsp3) is 0.389. The van der Waals surface area contributed by atoms with Crippen LogP contribution >= 0.6 is 0 Å². The average molecular weight is 392 g/mol. The molecule has 144 valence electrons. The first-order valence-electron chi connectivity index (χ1n) is 8.48. The molecule has 1 aliphatic rings. The standard InChI is InChI=1S/C18H20N2O6S/c1-11(17(22)20(2)13-7-8-27(24,25)10-13)26-18(23)15-9-12-5-3-4-6-14(12)16(21)19-15/h3-6,9,11,13H,7-8,10H2,1-2H3,(H,19,21)/t11-,13-/m0/s1. The van der Waals surface area contributed by atoms with Crippen LogP contribution in [0, 0.1) is 0 Å². The van der Waals surface area contributed by atoms with E-state index in [0.717, 1.165) is 0 Å². The summed E-state index contributed by atoms with van der Waals surface area (Å²) in [4.78, 5) is 40.7. The van der Waals surface area contributed by atoms with Crippen LogP contribution in [0.1, 0.15) is 23.8 Å². The van der Waals surface area contributed by atoms with Crippen LogP contribution in [0.5, 0.6) is 0 Å². The number of esters is 1. The molecule has 1 fully saturated rings. The van der Waals surface area contributed by atoms with Crippen LogP contribution in [0.4, 0.5) is 0 Å². The molecular formula is C18H20N2O6S. The summed E-state index contributed by atoms with van der Waals surface area (Å²) in [7, 11) is -1.64. The highest BCUT2D eigenvalue weighted by atomic mass is 32.2.